The summed E-state index contributed by atoms with van der Waals surface area (Å²) in [6, 6.07) is 11.9. The SMILES string of the molecule is COc1cc(SC(C)=O)cc2ccccc12. The van der Waals surface area contributed by atoms with Crippen LogP contribution in [0.5, 0.6) is 5.75 Å². The molecular formula is C13H12O2S. The second-order valence-corrected chi connectivity index (χ2v) is 4.69. The summed E-state index contributed by atoms with van der Waals surface area (Å²) in [5.74, 6) is 0.807. The molecule has 0 unspecified atom stereocenters. The molecule has 2 rings (SSSR count). The molecule has 0 aliphatic carbocycles. The van der Waals surface area contributed by atoms with E-state index in [9.17, 15) is 4.79 Å². The van der Waals surface area contributed by atoms with E-state index >= 15 is 0 Å². The van der Waals surface area contributed by atoms with Gasteiger partial charge in [-0.1, -0.05) is 36.0 Å². The maximum Gasteiger partial charge on any atom is 0.190 e. The quantitative estimate of drug-likeness (QED) is 0.741. The molecule has 82 valence electrons. The van der Waals surface area contributed by atoms with Crippen LogP contribution >= 0.6 is 11.8 Å². The van der Waals surface area contributed by atoms with Crippen molar-refractivity contribution in [2.24, 2.45) is 0 Å². The van der Waals surface area contributed by atoms with E-state index in [0.717, 1.165) is 21.4 Å². The van der Waals surface area contributed by atoms with Crippen molar-refractivity contribution in [3.8, 4) is 5.75 Å². The first kappa shape index (κ1) is 11.0. The van der Waals surface area contributed by atoms with Crippen molar-refractivity contribution in [2.45, 2.75) is 11.8 Å². The number of hydrogen-bond donors (Lipinski definition) is 0. The lowest BCUT2D eigenvalue weighted by atomic mass is 10.1. The molecule has 0 saturated heterocycles. The normalized spacial score (nSPS) is 10.4. The number of fused-ring (bicyclic) bond motifs is 1. The highest BCUT2D eigenvalue weighted by atomic mass is 32.2. The Bertz CT molecular complexity index is 534. The van der Waals surface area contributed by atoms with E-state index in [1.54, 1.807) is 14.0 Å². The molecule has 0 atom stereocenters. The third kappa shape index (κ3) is 2.19. The summed E-state index contributed by atoms with van der Waals surface area (Å²) in [6.07, 6.45) is 0. The maximum atomic E-state index is 11.1. The molecule has 0 bridgehead atoms. The Balaban J connectivity index is 2.58. The third-order valence-electron chi connectivity index (χ3n) is 2.28. The van der Waals surface area contributed by atoms with E-state index in [1.807, 2.05) is 36.4 Å². The van der Waals surface area contributed by atoms with Crippen molar-refractivity contribution in [1.29, 1.82) is 0 Å². The summed E-state index contributed by atoms with van der Waals surface area (Å²) in [5, 5.41) is 2.24. The molecule has 0 aliphatic rings. The number of rotatable bonds is 2. The molecule has 16 heavy (non-hydrogen) atoms. The summed E-state index contributed by atoms with van der Waals surface area (Å²) >= 11 is 1.22. The summed E-state index contributed by atoms with van der Waals surface area (Å²) in [4.78, 5) is 12.0. The molecule has 0 saturated carbocycles. The lowest BCUT2D eigenvalue weighted by Gasteiger charge is -2.07. The van der Waals surface area contributed by atoms with E-state index < -0.39 is 0 Å². The molecular weight excluding hydrogens is 220 g/mol. The van der Waals surface area contributed by atoms with Crippen LogP contribution in [0, 0.1) is 0 Å². The van der Waals surface area contributed by atoms with Crippen LogP contribution in [0.1, 0.15) is 6.92 Å². The number of carbonyl (C=O) groups excluding carboxylic acids is 1. The van der Waals surface area contributed by atoms with Crippen molar-refractivity contribution < 1.29 is 9.53 Å². The Morgan fingerprint density at radius 3 is 2.69 bits per heavy atom. The Hall–Kier alpha value is -1.48. The number of carbonyl (C=O) groups is 1. The molecule has 0 heterocycles. The first-order chi connectivity index (χ1) is 7.70. The summed E-state index contributed by atoms with van der Waals surface area (Å²) in [5.41, 5.74) is 0. The minimum atomic E-state index is 0.0809. The highest BCUT2D eigenvalue weighted by Gasteiger charge is 2.06. The number of ether oxygens (including phenoxy) is 1. The van der Waals surface area contributed by atoms with E-state index in [1.165, 1.54) is 11.8 Å². The van der Waals surface area contributed by atoms with Gasteiger partial charge in [0.1, 0.15) is 5.75 Å². The number of methoxy groups -OCH3 is 1. The fourth-order valence-corrected chi connectivity index (χ4v) is 2.33. The predicted molar refractivity (Wildman–Crippen MR) is 67.0 cm³/mol. The molecule has 2 aromatic rings. The molecule has 0 fully saturated rings. The van der Waals surface area contributed by atoms with Gasteiger partial charge in [-0.05, 0) is 17.5 Å². The predicted octanol–water partition coefficient (Wildman–Crippen LogP) is 3.49. The molecule has 2 nitrogen and oxygen atoms in total. The first-order valence-electron chi connectivity index (χ1n) is 4.96. The van der Waals surface area contributed by atoms with Gasteiger partial charge >= 0.3 is 0 Å². The van der Waals surface area contributed by atoms with Gasteiger partial charge in [0.2, 0.25) is 0 Å². The zero-order valence-corrected chi connectivity index (χ0v) is 10.0. The van der Waals surface area contributed by atoms with Crippen LogP contribution in [0.15, 0.2) is 41.3 Å². The van der Waals surface area contributed by atoms with Gasteiger partial charge in [-0.25, -0.2) is 0 Å². The summed E-state index contributed by atoms with van der Waals surface area (Å²) in [7, 11) is 1.64. The second kappa shape index (κ2) is 4.58. The van der Waals surface area contributed by atoms with Crippen molar-refractivity contribution in [2.75, 3.05) is 7.11 Å². The lowest BCUT2D eigenvalue weighted by molar-refractivity contribution is -0.109. The van der Waals surface area contributed by atoms with Gasteiger partial charge in [-0.3, -0.25) is 4.79 Å². The fraction of sp³-hybridized carbons (Fsp3) is 0.154. The topological polar surface area (TPSA) is 26.3 Å². The average Bonchev–Trinajstić information content (AvgIpc) is 2.27. The van der Waals surface area contributed by atoms with Crippen molar-refractivity contribution in [3.63, 3.8) is 0 Å². The Kier molecular flexibility index (Phi) is 3.15. The van der Waals surface area contributed by atoms with Gasteiger partial charge in [0.05, 0.1) is 7.11 Å². The van der Waals surface area contributed by atoms with Crippen LogP contribution in [0.3, 0.4) is 0 Å². The van der Waals surface area contributed by atoms with Crippen LogP contribution < -0.4 is 4.74 Å². The van der Waals surface area contributed by atoms with Crippen LogP contribution in [0.4, 0.5) is 0 Å². The molecule has 0 radical (unpaired) electrons. The minimum absolute atomic E-state index is 0.0809. The standard InChI is InChI=1S/C13H12O2S/c1-9(14)16-11-7-10-5-3-4-6-12(10)13(8-11)15-2/h3-8H,1-2H3. The van der Waals surface area contributed by atoms with E-state index in [2.05, 4.69) is 0 Å². The van der Waals surface area contributed by atoms with Crippen LogP contribution in [0.2, 0.25) is 0 Å². The first-order valence-corrected chi connectivity index (χ1v) is 5.77. The Labute approximate surface area is 98.6 Å². The van der Waals surface area contributed by atoms with E-state index in [4.69, 9.17) is 4.74 Å². The number of hydrogen-bond acceptors (Lipinski definition) is 3. The van der Waals surface area contributed by atoms with Gasteiger partial charge < -0.3 is 4.74 Å². The molecule has 0 spiro atoms. The van der Waals surface area contributed by atoms with Gasteiger partial charge in [-0.15, -0.1) is 0 Å². The zero-order chi connectivity index (χ0) is 11.5. The zero-order valence-electron chi connectivity index (χ0n) is 9.19. The average molecular weight is 232 g/mol. The lowest BCUT2D eigenvalue weighted by Crippen LogP contribution is -1.87. The van der Waals surface area contributed by atoms with Gasteiger partial charge in [0.15, 0.2) is 5.12 Å². The van der Waals surface area contributed by atoms with Gasteiger partial charge in [0, 0.05) is 17.2 Å². The smallest absolute Gasteiger partial charge is 0.190 e. The summed E-state index contributed by atoms with van der Waals surface area (Å²) in [6.45, 7) is 1.56. The minimum Gasteiger partial charge on any atom is -0.496 e. The highest BCUT2D eigenvalue weighted by molar-refractivity contribution is 8.13. The molecule has 0 N–H and O–H groups in total. The molecule has 0 aliphatic heterocycles. The molecule has 3 heteroatoms. The molecule has 0 aromatic heterocycles. The monoisotopic (exact) mass is 232 g/mol. The van der Waals surface area contributed by atoms with Crippen molar-refractivity contribution >= 4 is 27.6 Å². The second-order valence-electron chi connectivity index (χ2n) is 3.44. The number of thioether (sulfide) groups is 1. The Morgan fingerprint density at radius 2 is 2.00 bits per heavy atom. The van der Waals surface area contributed by atoms with Crippen molar-refractivity contribution in [1.82, 2.24) is 0 Å². The van der Waals surface area contributed by atoms with Crippen LogP contribution in [0.25, 0.3) is 10.8 Å². The van der Waals surface area contributed by atoms with Crippen molar-refractivity contribution in [3.05, 3.63) is 36.4 Å². The van der Waals surface area contributed by atoms with E-state index in [0.29, 0.717) is 0 Å². The summed E-state index contributed by atoms with van der Waals surface area (Å²) < 4.78 is 5.33. The Morgan fingerprint density at radius 1 is 1.25 bits per heavy atom. The third-order valence-corrected chi connectivity index (χ3v) is 3.04. The van der Waals surface area contributed by atoms with Gasteiger partial charge in [-0.2, -0.15) is 0 Å². The van der Waals surface area contributed by atoms with Gasteiger partial charge in [0.25, 0.3) is 0 Å². The fourth-order valence-electron chi connectivity index (χ4n) is 1.64. The number of benzene rings is 2. The highest BCUT2D eigenvalue weighted by Crippen LogP contribution is 2.32. The van der Waals surface area contributed by atoms with E-state index in [-0.39, 0.29) is 5.12 Å². The molecule has 2 aromatic carbocycles. The van der Waals surface area contributed by atoms with Crippen LogP contribution in [-0.2, 0) is 4.79 Å². The largest absolute Gasteiger partial charge is 0.496 e. The van der Waals surface area contributed by atoms with Crippen LogP contribution in [-0.4, -0.2) is 12.2 Å². The maximum absolute atomic E-state index is 11.1. The molecule has 0 amide bonds.